The predicted molar refractivity (Wildman–Crippen MR) is 102 cm³/mol. The van der Waals surface area contributed by atoms with Gasteiger partial charge in [0.2, 0.25) is 0 Å². The molecule has 0 unspecified atom stereocenters. The standard InChI is InChI=1S/C21H17N3O3/c1-2-14-3-5-15(6-4-14)13-24-20(25)16-7-9-22-18(11-16)19-12-17(21(26)27)8-10-23-19/h2-12H,1,13H2,(H,24,25)(H,26,27). The number of nitrogens with zero attached hydrogens (tertiary/aromatic N) is 2. The van der Waals surface area contributed by atoms with Crippen molar-refractivity contribution in [1.82, 2.24) is 15.3 Å². The average Bonchev–Trinajstić information content (AvgIpc) is 2.72. The molecule has 134 valence electrons. The van der Waals surface area contributed by atoms with E-state index in [0.717, 1.165) is 11.1 Å². The Labute approximate surface area is 156 Å². The normalized spacial score (nSPS) is 10.2. The molecule has 0 saturated carbocycles. The number of aromatic carboxylic acids is 1. The third-order valence-corrected chi connectivity index (χ3v) is 3.96. The first-order chi connectivity index (χ1) is 13.1. The van der Waals surface area contributed by atoms with Gasteiger partial charge in [-0.3, -0.25) is 14.8 Å². The number of carboxylic acid groups (broad SMARTS) is 1. The van der Waals surface area contributed by atoms with Crippen molar-refractivity contribution < 1.29 is 14.7 Å². The highest BCUT2D eigenvalue weighted by Crippen LogP contribution is 2.17. The van der Waals surface area contributed by atoms with Gasteiger partial charge in [-0.05, 0) is 35.4 Å². The minimum atomic E-state index is -1.05. The highest BCUT2D eigenvalue weighted by molar-refractivity contribution is 5.95. The molecular weight excluding hydrogens is 342 g/mol. The van der Waals surface area contributed by atoms with Gasteiger partial charge >= 0.3 is 5.97 Å². The summed E-state index contributed by atoms with van der Waals surface area (Å²) >= 11 is 0. The molecule has 2 heterocycles. The minimum Gasteiger partial charge on any atom is -0.478 e. The molecule has 0 atom stereocenters. The van der Waals surface area contributed by atoms with Crippen LogP contribution in [0.5, 0.6) is 0 Å². The Kier molecular flexibility index (Phi) is 5.37. The van der Waals surface area contributed by atoms with Crippen molar-refractivity contribution >= 4 is 18.0 Å². The molecule has 2 aromatic heterocycles. The summed E-state index contributed by atoms with van der Waals surface area (Å²) in [6.45, 7) is 4.10. The van der Waals surface area contributed by atoms with Gasteiger partial charge in [-0.25, -0.2) is 4.79 Å². The van der Waals surface area contributed by atoms with Crippen molar-refractivity contribution in [2.75, 3.05) is 0 Å². The van der Waals surface area contributed by atoms with Crippen LogP contribution in [0.4, 0.5) is 0 Å². The van der Waals surface area contributed by atoms with E-state index in [-0.39, 0.29) is 11.5 Å². The monoisotopic (exact) mass is 359 g/mol. The van der Waals surface area contributed by atoms with E-state index in [0.29, 0.717) is 23.5 Å². The molecule has 0 aliphatic rings. The fraction of sp³-hybridized carbons (Fsp3) is 0.0476. The van der Waals surface area contributed by atoms with Crippen LogP contribution in [0.2, 0.25) is 0 Å². The zero-order valence-electron chi connectivity index (χ0n) is 14.4. The number of amides is 1. The van der Waals surface area contributed by atoms with Crippen molar-refractivity contribution in [3.8, 4) is 11.4 Å². The van der Waals surface area contributed by atoms with E-state index in [1.807, 2.05) is 24.3 Å². The molecule has 0 aliphatic heterocycles. The van der Waals surface area contributed by atoms with E-state index in [1.54, 1.807) is 18.2 Å². The first kappa shape index (κ1) is 18.0. The minimum absolute atomic E-state index is 0.111. The Morgan fingerprint density at radius 1 is 0.963 bits per heavy atom. The topological polar surface area (TPSA) is 92.2 Å². The van der Waals surface area contributed by atoms with Crippen molar-refractivity contribution in [2.24, 2.45) is 0 Å². The predicted octanol–water partition coefficient (Wildman–Crippen LogP) is 3.41. The third-order valence-electron chi connectivity index (χ3n) is 3.96. The molecule has 27 heavy (non-hydrogen) atoms. The van der Waals surface area contributed by atoms with Gasteiger partial charge in [0.05, 0.1) is 17.0 Å². The molecular formula is C21H17N3O3. The molecule has 6 nitrogen and oxygen atoms in total. The van der Waals surface area contributed by atoms with Crippen molar-refractivity contribution in [3.05, 3.63) is 89.8 Å². The number of carbonyl (C=O) groups excluding carboxylic acids is 1. The lowest BCUT2D eigenvalue weighted by Gasteiger charge is -2.07. The Hall–Kier alpha value is -3.80. The zero-order valence-corrected chi connectivity index (χ0v) is 14.4. The number of benzene rings is 1. The van der Waals surface area contributed by atoms with E-state index >= 15 is 0 Å². The number of carboxylic acids is 1. The quantitative estimate of drug-likeness (QED) is 0.704. The van der Waals surface area contributed by atoms with E-state index in [2.05, 4.69) is 21.9 Å². The molecule has 0 radical (unpaired) electrons. The number of carbonyl (C=O) groups is 2. The molecule has 0 aliphatic carbocycles. The summed E-state index contributed by atoms with van der Waals surface area (Å²) in [6.07, 6.45) is 4.66. The maximum Gasteiger partial charge on any atom is 0.335 e. The van der Waals surface area contributed by atoms with E-state index in [1.165, 1.54) is 24.5 Å². The van der Waals surface area contributed by atoms with Gasteiger partial charge in [0.15, 0.2) is 0 Å². The SMILES string of the molecule is C=Cc1ccc(CNC(=O)c2ccnc(-c3cc(C(=O)O)ccn3)c2)cc1. The van der Waals surface area contributed by atoms with Gasteiger partial charge in [0, 0.05) is 24.5 Å². The van der Waals surface area contributed by atoms with Gasteiger partial charge < -0.3 is 10.4 Å². The summed E-state index contributed by atoms with van der Waals surface area (Å²) in [5.41, 5.74) is 3.34. The number of aromatic nitrogens is 2. The van der Waals surface area contributed by atoms with Crippen LogP contribution in [0.1, 0.15) is 31.8 Å². The molecule has 0 saturated heterocycles. The van der Waals surface area contributed by atoms with Crippen LogP contribution >= 0.6 is 0 Å². The van der Waals surface area contributed by atoms with E-state index < -0.39 is 5.97 Å². The van der Waals surface area contributed by atoms with Crippen LogP contribution in [0.15, 0.2) is 67.5 Å². The highest BCUT2D eigenvalue weighted by atomic mass is 16.4. The van der Waals surface area contributed by atoms with Gasteiger partial charge in [-0.15, -0.1) is 0 Å². The molecule has 3 rings (SSSR count). The molecule has 0 spiro atoms. The summed E-state index contributed by atoms with van der Waals surface area (Å²) in [5, 5.41) is 11.9. The second-order valence-corrected chi connectivity index (χ2v) is 5.79. The van der Waals surface area contributed by atoms with Crippen LogP contribution in [0.3, 0.4) is 0 Å². The zero-order chi connectivity index (χ0) is 19.2. The molecule has 3 aromatic rings. The van der Waals surface area contributed by atoms with Gasteiger partial charge in [-0.1, -0.05) is 36.9 Å². The summed E-state index contributed by atoms with van der Waals surface area (Å²) < 4.78 is 0. The van der Waals surface area contributed by atoms with Crippen LogP contribution in [0.25, 0.3) is 17.5 Å². The smallest absolute Gasteiger partial charge is 0.335 e. The summed E-state index contributed by atoms with van der Waals surface area (Å²) in [6, 6.07) is 13.7. The average molecular weight is 359 g/mol. The first-order valence-corrected chi connectivity index (χ1v) is 8.22. The number of rotatable bonds is 6. The Bertz CT molecular complexity index is 998. The lowest BCUT2D eigenvalue weighted by molar-refractivity contribution is 0.0696. The summed E-state index contributed by atoms with van der Waals surface area (Å²) in [7, 11) is 0. The van der Waals surface area contributed by atoms with Crippen LogP contribution < -0.4 is 5.32 Å². The lowest BCUT2D eigenvalue weighted by atomic mass is 10.1. The Morgan fingerprint density at radius 2 is 1.56 bits per heavy atom. The van der Waals surface area contributed by atoms with E-state index in [9.17, 15) is 9.59 Å². The van der Waals surface area contributed by atoms with E-state index in [4.69, 9.17) is 5.11 Å². The Morgan fingerprint density at radius 3 is 2.15 bits per heavy atom. The van der Waals surface area contributed by atoms with Crippen molar-refractivity contribution in [1.29, 1.82) is 0 Å². The molecule has 0 fully saturated rings. The number of hydrogen-bond donors (Lipinski definition) is 2. The van der Waals surface area contributed by atoms with Crippen LogP contribution in [0, 0.1) is 0 Å². The fourth-order valence-corrected chi connectivity index (χ4v) is 2.47. The number of nitrogens with one attached hydrogen (secondary N) is 1. The van der Waals surface area contributed by atoms with Gasteiger partial charge in [-0.2, -0.15) is 0 Å². The molecule has 2 N–H and O–H groups in total. The summed E-state index contributed by atoms with van der Waals surface area (Å²) in [4.78, 5) is 31.9. The molecule has 1 amide bonds. The second kappa shape index (κ2) is 8.05. The van der Waals surface area contributed by atoms with Crippen molar-refractivity contribution in [2.45, 2.75) is 6.54 Å². The number of pyridine rings is 2. The molecule has 6 heteroatoms. The number of hydrogen-bond acceptors (Lipinski definition) is 4. The maximum absolute atomic E-state index is 12.4. The highest BCUT2D eigenvalue weighted by Gasteiger charge is 2.11. The Balaban J connectivity index is 1.74. The molecule has 0 bridgehead atoms. The van der Waals surface area contributed by atoms with Crippen molar-refractivity contribution in [3.63, 3.8) is 0 Å². The van der Waals surface area contributed by atoms with Crippen LogP contribution in [-0.4, -0.2) is 27.0 Å². The first-order valence-electron chi connectivity index (χ1n) is 8.22. The lowest BCUT2D eigenvalue weighted by Crippen LogP contribution is -2.22. The summed E-state index contributed by atoms with van der Waals surface area (Å²) in [5.74, 6) is -1.30. The largest absolute Gasteiger partial charge is 0.478 e. The third kappa shape index (κ3) is 4.43. The maximum atomic E-state index is 12.4. The second-order valence-electron chi connectivity index (χ2n) is 5.79. The van der Waals surface area contributed by atoms with Crippen LogP contribution in [-0.2, 0) is 6.54 Å². The fourth-order valence-electron chi connectivity index (χ4n) is 2.47. The molecule has 1 aromatic carbocycles. The van der Waals surface area contributed by atoms with Gasteiger partial charge in [0.25, 0.3) is 5.91 Å². The van der Waals surface area contributed by atoms with Gasteiger partial charge in [0.1, 0.15) is 0 Å².